The van der Waals surface area contributed by atoms with Crippen LogP contribution in [0.1, 0.15) is 22.8 Å². The Morgan fingerprint density at radius 2 is 2.25 bits per heavy atom. The number of aromatic carboxylic acids is 1. The molecule has 1 heterocycles. The molecule has 16 heavy (non-hydrogen) atoms. The summed E-state index contributed by atoms with van der Waals surface area (Å²) in [5.74, 6) is -0.0234. The van der Waals surface area contributed by atoms with Crippen molar-refractivity contribution in [1.29, 1.82) is 0 Å². The van der Waals surface area contributed by atoms with Crippen LogP contribution in [0.4, 0.5) is 0 Å². The highest BCUT2D eigenvalue weighted by Gasteiger charge is 2.21. The van der Waals surface area contributed by atoms with Gasteiger partial charge in [0.15, 0.2) is 0 Å². The summed E-state index contributed by atoms with van der Waals surface area (Å²) in [7, 11) is 0. The van der Waals surface area contributed by atoms with Gasteiger partial charge >= 0.3 is 5.97 Å². The second-order valence-corrected chi connectivity index (χ2v) is 4.62. The molecular weight excluding hydrogens is 202 g/mol. The molecule has 0 unspecified atom stereocenters. The van der Waals surface area contributed by atoms with E-state index in [4.69, 9.17) is 5.11 Å². The van der Waals surface area contributed by atoms with Gasteiger partial charge in [0.1, 0.15) is 0 Å². The maximum atomic E-state index is 10.8. The van der Waals surface area contributed by atoms with Crippen molar-refractivity contribution in [3.8, 4) is 0 Å². The van der Waals surface area contributed by atoms with E-state index < -0.39 is 5.97 Å². The molecule has 0 radical (unpaired) electrons. The van der Waals surface area contributed by atoms with E-state index in [1.54, 1.807) is 12.1 Å². The van der Waals surface area contributed by atoms with Crippen LogP contribution in [0.2, 0.25) is 0 Å². The van der Waals surface area contributed by atoms with Gasteiger partial charge in [-0.05, 0) is 30.0 Å². The summed E-state index contributed by atoms with van der Waals surface area (Å²) >= 11 is 0. The largest absolute Gasteiger partial charge is 0.478 e. The molecule has 0 aromatic heterocycles. The van der Waals surface area contributed by atoms with Gasteiger partial charge in [-0.15, -0.1) is 0 Å². The molecule has 1 aliphatic rings. The lowest BCUT2D eigenvalue weighted by Gasteiger charge is -2.37. The molecule has 0 spiro atoms. The molecule has 0 bridgehead atoms. The van der Waals surface area contributed by atoms with Crippen molar-refractivity contribution in [1.82, 2.24) is 4.90 Å². The minimum atomic E-state index is -0.848. The first kappa shape index (κ1) is 11.1. The van der Waals surface area contributed by atoms with Gasteiger partial charge in [-0.25, -0.2) is 4.79 Å². The zero-order valence-corrected chi connectivity index (χ0v) is 9.52. The molecule has 1 N–H and O–H groups in total. The second kappa shape index (κ2) is 4.66. The normalized spacial score (nSPS) is 17.1. The van der Waals surface area contributed by atoms with Crippen LogP contribution in [0.15, 0.2) is 24.3 Å². The zero-order valence-electron chi connectivity index (χ0n) is 9.52. The number of hydrogen-bond acceptors (Lipinski definition) is 2. The molecule has 3 heteroatoms. The van der Waals surface area contributed by atoms with Crippen molar-refractivity contribution in [2.45, 2.75) is 13.3 Å². The van der Waals surface area contributed by atoms with Crippen LogP contribution < -0.4 is 0 Å². The van der Waals surface area contributed by atoms with E-state index in [0.717, 1.165) is 24.4 Å². The highest BCUT2D eigenvalue weighted by Crippen LogP contribution is 2.15. The minimum absolute atomic E-state index is 0.384. The summed E-state index contributed by atoms with van der Waals surface area (Å²) in [4.78, 5) is 13.2. The Hall–Kier alpha value is -1.35. The average Bonchev–Trinajstić information content (AvgIpc) is 2.23. The molecule has 1 aromatic carbocycles. The number of likely N-dealkylation sites (tertiary alicyclic amines) is 1. The van der Waals surface area contributed by atoms with Gasteiger partial charge in [0.2, 0.25) is 0 Å². The Bertz CT molecular complexity index is 383. The lowest BCUT2D eigenvalue weighted by atomic mass is 10.0. The average molecular weight is 219 g/mol. The van der Waals surface area contributed by atoms with Gasteiger partial charge in [0.05, 0.1) is 5.56 Å². The fourth-order valence-corrected chi connectivity index (χ4v) is 2.16. The first-order chi connectivity index (χ1) is 7.65. The van der Waals surface area contributed by atoms with Crippen molar-refractivity contribution in [2.75, 3.05) is 19.6 Å². The van der Waals surface area contributed by atoms with Crippen LogP contribution in [0.25, 0.3) is 0 Å². The molecule has 2 rings (SSSR count). The van der Waals surface area contributed by atoms with Crippen molar-refractivity contribution in [3.63, 3.8) is 0 Å². The fraction of sp³-hybridized carbons (Fsp3) is 0.462. The lowest BCUT2D eigenvalue weighted by molar-refractivity contribution is 0.0696. The van der Waals surface area contributed by atoms with Crippen LogP contribution in [0.5, 0.6) is 0 Å². The molecule has 1 aliphatic heterocycles. The smallest absolute Gasteiger partial charge is 0.335 e. The van der Waals surface area contributed by atoms with E-state index in [1.165, 1.54) is 13.1 Å². The van der Waals surface area contributed by atoms with Crippen molar-refractivity contribution < 1.29 is 9.90 Å². The quantitative estimate of drug-likeness (QED) is 0.840. The molecule has 1 saturated heterocycles. The monoisotopic (exact) mass is 219 g/mol. The summed E-state index contributed by atoms with van der Waals surface area (Å²) in [6.45, 7) is 5.65. The topological polar surface area (TPSA) is 40.5 Å². The minimum Gasteiger partial charge on any atom is -0.478 e. The molecule has 1 aromatic rings. The first-order valence-corrected chi connectivity index (χ1v) is 5.70. The molecule has 3 nitrogen and oxygen atoms in total. The zero-order chi connectivity index (χ0) is 11.5. The maximum Gasteiger partial charge on any atom is 0.335 e. The maximum absolute atomic E-state index is 10.8. The van der Waals surface area contributed by atoms with Gasteiger partial charge in [0, 0.05) is 19.6 Å². The van der Waals surface area contributed by atoms with Crippen LogP contribution in [0.3, 0.4) is 0 Å². The van der Waals surface area contributed by atoms with Crippen molar-refractivity contribution in [2.24, 2.45) is 5.92 Å². The molecule has 0 saturated carbocycles. The fourth-order valence-electron chi connectivity index (χ4n) is 2.16. The molecule has 0 atom stereocenters. The molecule has 0 aliphatic carbocycles. The molecule has 0 amide bonds. The van der Waals surface area contributed by atoms with Gasteiger partial charge < -0.3 is 10.0 Å². The third-order valence-electron chi connectivity index (χ3n) is 3.03. The SMILES string of the molecule is CC1CN(CCc2cccc(C(=O)O)c2)C1. The van der Waals surface area contributed by atoms with Gasteiger partial charge in [0.25, 0.3) is 0 Å². The number of benzene rings is 1. The number of carbonyl (C=O) groups is 1. The number of carboxylic acid groups (broad SMARTS) is 1. The van der Waals surface area contributed by atoms with Gasteiger partial charge in [-0.2, -0.15) is 0 Å². The second-order valence-electron chi connectivity index (χ2n) is 4.62. The predicted octanol–water partition coefficient (Wildman–Crippen LogP) is 1.88. The van der Waals surface area contributed by atoms with E-state index in [1.807, 2.05) is 12.1 Å². The van der Waals surface area contributed by atoms with Crippen LogP contribution in [-0.2, 0) is 6.42 Å². The Kier molecular flexibility index (Phi) is 3.25. The Morgan fingerprint density at radius 1 is 1.50 bits per heavy atom. The van der Waals surface area contributed by atoms with Crippen LogP contribution in [-0.4, -0.2) is 35.6 Å². The standard InChI is InChI=1S/C13H17NO2/c1-10-8-14(9-10)6-5-11-3-2-4-12(7-11)13(15)16/h2-4,7,10H,5-6,8-9H2,1H3,(H,15,16). The molecular formula is C13H17NO2. The third-order valence-corrected chi connectivity index (χ3v) is 3.03. The summed E-state index contributed by atoms with van der Waals surface area (Å²) < 4.78 is 0. The molecule has 86 valence electrons. The van der Waals surface area contributed by atoms with E-state index in [9.17, 15) is 4.79 Å². The summed E-state index contributed by atoms with van der Waals surface area (Å²) in [5, 5.41) is 8.87. The summed E-state index contributed by atoms with van der Waals surface area (Å²) in [6, 6.07) is 7.22. The van der Waals surface area contributed by atoms with E-state index in [2.05, 4.69) is 11.8 Å². The summed E-state index contributed by atoms with van der Waals surface area (Å²) in [5.41, 5.74) is 1.49. The highest BCUT2D eigenvalue weighted by molar-refractivity contribution is 5.87. The van der Waals surface area contributed by atoms with Crippen molar-refractivity contribution >= 4 is 5.97 Å². The predicted molar refractivity (Wildman–Crippen MR) is 62.7 cm³/mol. The van der Waals surface area contributed by atoms with E-state index in [0.29, 0.717) is 5.56 Å². The number of hydrogen-bond donors (Lipinski definition) is 1. The van der Waals surface area contributed by atoms with Crippen LogP contribution in [0, 0.1) is 5.92 Å². The Balaban J connectivity index is 1.89. The Morgan fingerprint density at radius 3 is 2.88 bits per heavy atom. The van der Waals surface area contributed by atoms with Gasteiger partial charge in [-0.1, -0.05) is 19.1 Å². The number of carboxylic acids is 1. The van der Waals surface area contributed by atoms with Crippen molar-refractivity contribution in [3.05, 3.63) is 35.4 Å². The van der Waals surface area contributed by atoms with Crippen LogP contribution >= 0.6 is 0 Å². The number of rotatable bonds is 4. The third kappa shape index (κ3) is 2.61. The first-order valence-electron chi connectivity index (χ1n) is 5.70. The van der Waals surface area contributed by atoms with E-state index >= 15 is 0 Å². The summed E-state index contributed by atoms with van der Waals surface area (Å²) in [6.07, 6.45) is 0.938. The number of nitrogens with zero attached hydrogens (tertiary/aromatic N) is 1. The van der Waals surface area contributed by atoms with Gasteiger partial charge in [-0.3, -0.25) is 0 Å². The van der Waals surface area contributed by atoms with E-state index in [-0.39, 0.29) is 0 Å². The lowest BCUT2D eigenvalue weighted by Crippen LogP contribution is -2.45. The highest BCUT2D eigenvalue weighted by atomic mass is 16.4. The Labute approximate surface area is 95.7 Å². The molecule has 1 fully saturated rings.